The molecule has 0 bridgehead atoms. The van der Waals surface area contributed by atoms with Gasteiger partial charge in [0.15, 0.2) is 11.0 Å². The van der Waals surface area contributed by atoms with Gasteiger partial charge in [-0.2, -0.15) is 0 Å². The smallest absolute Gasteiger partial charge is 0.230 e. The van der Waals surface area contributed by atoms with Gasteiger partial charge in [-0.25, -0.2) is 0 Å². The molecule has 8 heteroatoms. The van der Waals surface area contributed by atoms with Gasteiger partial charge in [0.1, 0.15) is 0 Å². The molecule has 1 aliphatic rings. The Morgan fingerprint density at radius 2 is 2.00 bits per heavy atom. The van der Waals surface area contributed by atoms with Gasteiger partial charge in [-0.05, 0) is 30.5 Å². The van der Waals surface area contributed by atoms with Gasteiger partial charge < -0.3 is 10.1 Å². The molecule has 29 heavy (non-hydrogen) atoms. The van der Waals surface area contributed by atoms with Crippen LogP contribution < -0.4 is 5.32 Å². The molecule has 0 radical (unpaired) electrons. The number of nitrogens with zero attached hydrogens (tertiary/aromatic N) is 4. The number of nitrogens with one attached hydrogen (secondary N) is 1. The SMILES string of the molecule is O=C(CSc1nnc(-c2ccncc2)n1C[C@H]1CCCO1)NCc1ccccc1. The molecule has 0 spiro atoms. The molecule has 1 amide bonds. The highest BCUT2D eigenvalue weighted by Crippen LogP contribution is 2.26. The molecule has 1 N–H and O–H groups in total. The van der Waals surface area contributed by atoms with Gasteiger partial charge in [-0.15, -0.1) is 10.2 Å². The Balaban J connectivity index is 1.43. The van der Waals surface area contributed by atoms with Crippen LogP contribution >= 0.6 is 11.8 Å². The van der Waals surface area contributed by atoms with Gasteiger partial charge in [-0.1, -0.05) is 42.1 Å². The summed E-state index contributed by atoms with van der Waals surface area (Å²) in [5, 5.41) is 12.4. The molecule has 1 atom stereocenters. The first-order chi connectivity index (χ1) is 14.3. The number of hydrogen-bond acceptors (Lipinski definition) is 6. The topological polar surface area (TPSA) is 81.9 Å². The maximum atomic E-state index is 12.3. The van der Waals surface area contributed by atoms with Gasteiger partial charge in [0.2, 0.25) is 5.91 Å². The second-order valence-corrected chi connectivity index (χ2v) is 7.78. The van der Waals surface area contributed by atoms with Crippen LogP contribution in [0.3, 0.4) is 0 Å². The number of pyridine rings is 1. The summed E-state index contributed by atoms with van der Waals surface area (Å²) in [5.41, 5.74) is 2.03. The molecule has 3 heterocycles. The Morgan fingerprint density at radius 1 is 1.17 bits per heavy atom. The quantitative estimate of drug-likeness (QED) is 0.576. The highest BCUT2D eigenvalue weighted by Gasteiger charge is 2.22. The van der Waals surface area contributed by atoms with E-state index in [1.165, 1.54) is 11.8 Å². The molecular formula is C21H23N5O2S. The van der Waals surface area contributed by atoms with E-state index in [1.807, 2.05) is 42.5 Å². The van der Waals surface area contributed by atoms with Crippen LogP contribution in [0.25, 0.3) is 11.4 Å². The van der Waals surface area contributed by atoms with Crippen LogP contribution in [0.15, 0.2) is 60.0 Å². The zero-order valence-electron chi connectivity index (χ0n) is 16.0. The summed E-state index contributed by atoms with van der Waals surface area (Å²) < 4.78 is 7.86. The highest BCUT2D eigenvalue weighted by atomic mass is 32.2. The molecule has 7 nitrogen and oxygen atoms in total. The van der Waals surface area contributed by atoms with Crippen LogP contribution in [0.5, 0.6) is 0 Å². The average molecular weight is 410 g/mol. The first-order valence-corrected chi connectivity index (χ1v) is 10.7. The zero-order chi connectivity index (χ0) is 19.9. The molecule has 4 rings (SSSR count). The summed E-state index contributed by atoms with van der Waals surface area (Å²) in [7, 11) is 0. The van der Waals surface area contributed by atoms with Crippen molar-refractivity contribution in [2.24, 2.45) is 0 Å². The fraction of sp³-hybridized carbons (Fsp3) is 0.333. The number of benzene rings is 1. The highest BCUT2D eigenvalue weighted by molar-refractivity contribution is 7.99. The fourth-order valence-electron chi connectivity index (χ4n) is 3.24. The number of carbonyl (C=O) groups is 1. The van der Waals surface area contributed by atoms with Crippen molar-refractivity contribution in [3.05, 3.63) is 60.4 Å². The van der Waals surface area contributed by atoms with Crippen molar-refractivity contribution in [1.82, 2.24) is 25.1 Å². The molecule has 0 aliphatic carbocycles. The minimum atomic E-state index is -0.0315. The predicted octanol–water partition coefficient (Wildman–Crippen LogP) is 2.93. The lowest BCUT2D eigenvalue weighted by Gasteiger charge is -2.14. The zero-order valence-corrected chi connectivity index (χ0v) is 16.8. The number of rotatable bonds is 8. The Labute approximate surface area is 173 Å². The molecule has 1 aromatic carbocycles. The molecule has 1 saturated heterocycles. The van der Waals surface area contributed by atoms with Crippen molar-refractivity contribution in [2.45, 2.75) is 37.2 Å². The molecule has 1 aliphatic heterocycles. The van der Waals surface area contributed by atoms with E-state index in [-0.39, 0.29) is 17.8 Å². The van der Waals surface area contributed by atoms with Crippen LogP contribution in [0.1, 0.15) is 18.4 Å². The minimum Gasteiger partial charge on any atom is -0.376 e. The summed E-state index contributed by atoms with van der Waals surface area (Å²) in [4.78, 5) is 16.4. The van der Waals surface area contributed by atoms with E-state index < -0.39 is 0 Å². The van der Waals surface area contributed by atoms with Crippen molar-refractivity contribution >= 4 is 17.7 Å². The lowest BCUT2D eigenvalue weighted by atomic mass is 10.2. The van der Waals surface area contributed by atoms with E-state index in [4.69, 9.17) is 4.74 Å². The second-order valence-electron chi connectivity index (χ2n) is 6.84. The third kappa shape index (κ3) is 5.21. The van der Waals surface area contributed by atoms with E-state index in [1.54, 1.807) is 12.4 Å². The van der Waals surface area contributed by atoms with Crippen molar-refractivity contribution in [3.8, 4) is 11.4 Å². The van der Waals surface area contributed by atoms with E-state index in [9.17, 15) is 4.79 Å². The predicted molar refractivity (Wildman–Crippen MR) is 111 cm³/mol. The van der Waals surface area contributed by atoms with Crippen molar-refractivity contribution < 1.29 is 9.53 Å². The first kappa shape index (κ1) is 19.6. The van der Waals surface area contributed by atoms with Crippen LogP contribution in [-0.4, -0.2) is 44.1 Å². The lowest BCUT2D eigenvalue weighted by Crippen LogP contribution is -2.25. The van der Waals surface area contributed by atoms with Gasteiger partial charge in [-0.3, -0.25) is 14.3 Å². The van der Waals surface area contributed by atoms with Gasteiger partial charge in [0.25, 0.3) is 0 Å². The van der Waals surface area contributed by atoms with E-state index in [0.717, 1.165) is 41.6 Å². The summed E-state index contributed by atoms with van der Waals surface area (Å²) in [5.74, 6) is 1.03. The third-order valence-corrected chi connectivity index (χ3v) is 5.70. The second kappa shape index (κ2) is 9.67. The molecule has 3 aromatic rings. The monoisotopic (exact) mass is 409 g/mol. The van der Waals surface area contributed by atoms with E-state index in [2.05, 4.69) is 25.1 Å². The lowest BCUT2D eigenvalue weighted by molar-refractivity contribution is -0.118. The number of hydrogen-bond donors (Lipinski definition) is 1. The molecule has 2 aromatic heterocycles. The van der Waals surface area contributed by atoms with Gasteiger partial charge >= 0.3 is 0 Å². The molecule has 0 saturated carbocycles. The first-order valence-electron chi connectivity index (χ1n) is 9.68. The summed E-state index contributed by atoms with van der Waals surface area (Å²) in [6, 6.07) is 13.7. The number of ether oxygens (including phenoxy) is 1. The Morgan fingerprint density at radius 3 is 2.76 bits per heavy atom. The number of amides is 1. The Bertz CT molecular complexity index is 927. The molecule has 150 valence electrons. The summed E-state index contributed by atoms with van der Waals surface area (Å²) >= 11 is 1.40. The van der Waals surface area contributed by atoms with Gasteiger partial charge in [0, 0.05) is 31.1 Å². The molecule has 0 unspecified atom stereocenters. The maximum Gasteiger partial charge on any atom is 0.230 e. The Hall–Kier alpha value is -2.71. The molecular weight excluding hydrogens is 386 g/mol. The minimum absolute atomic E-state index is 0.0315. The third-order valence-electron chi connectivity index (χ3n) is 4.73. The number of aromatic nitrogens is 4. The van der Waals surface area contributed by atoms with Crippen molar-refractivity contribution in [1.29, 1.82) is 0 Å². The van der Waals surface area contributed by atoms with Gasteiger partial charge in [0.05, 0.1) is 18.4 Å². The van der Waals surface area contributed by atoms with Crippen LogP contribution in [0, 0.1) is 0 Å². The number of thioether (sulfide) groups is 1. The summed E-state index contributed by atoms with van der Waals surface area (Å²) in [6.07, 6.45) is 5.73. The van der Waals surface area contributed by atoms with Crippen LogP contribution in [-0.2, 0) is 22.6 Å². The van der Waals surface area contributed by atoms with Crippen molar-refractivity contribution in [2.75, 3.05) is 12.4 Å². The summed E-state index contributed by atoms with van der Waals surface area (Å²) in [6.45, 7) is 1.99. The van der Waals surface area contributed by atoms with Crippen LogP contribution in [0.4, 0.5) is 0 Å². The van der Waals surface area contributed by atoms with Crippen LogP contribution in [0.2, 0.25) is 0 Å². The van der Waals surface area contributed by atoms with E-state index >= 15 is 0 Å². The average Bonchev–Trinajstić information content (AvgIpc) is 3.42. The van der Waals surface area contributed by atoms with E-state index in [0.29, 0.717) is 13.1 Å². The fourth-order valence-corrected chi connectivity index (χ4v) is 4.02. The number of carbonyl (C=O) groups excluding carboxylic acids is 1. The molecule has 1 fully saturated rings. The normalized spacial score (nSPS) is 16.1. The maximum absolute atomic E-state index is 12.3. The largest absolute Gasteiger partial charge is 0.376 e. The Kier molecular flexibility index (Phi) is 6.53. The standard InChI is InChI=1S/C21H23N5O2S/c27-19(23-13-16-5-2-1-3-6-16)15-29-21-25-24-20(17-8-10-22-11-9-17)26(21)14-18-7-4-12-28-18/h1-3,5-6,8-11,18H,4,7,12-15H2,(H,23,27)/t18-/m1/s1. The van der Waals surface area contributed by atoms with Crippen molar-refractivity contribution in [3.63, 3.8) is 0 Å².